The molecule has 1 fully saturated rings. The van der Waals surface area contributed by atoms with Crippen molar-refractivity contribution in [2.45, 2.75) is 57.2 Å². The average molecular weight is 253 g/mol. The number of hydrogen-bond donors (Lipinski definition) is 2. The van der Waals surface area contributed by atoms with E-state index in [-0.39, 0.29) is 31.6 Å². The van der Waals surface area contributed by atoms with E-state index in [0.717, 1.165) is 12.8 Å². The Morgan fingerprint density at radius 1 is 1.35 bits per heavy atom. The second-order valence-electron chi connectivity index (χ2n) is 5.14. The molecule has 0 aromatic heterocycles. The minimum Gasteiger partial charge on any atom is -0.390 e. The molecule has 1 atom stereocenters. The Hall–Kier alpha value is -0.290. The van der Waals surface area contributed by atoms with E-state index in [0.29, 0.717) is 6.54 Å². The Bertz CT molecular complexity index is 234. The maximum atomic E-state index is 12.5. The van der Waals surface area contributed by atoms with Gasteiger partial charge in [-0.2, -0.15) is 13.2 Å². The molecule has 17 heavy (non-hydrogen) atoms. The third-order valence-electron chi connectivity index (χ3n) is 4.00. The van der Waals surface area contributed by atoms with E-state index in [4.69, 9.17) is 5.73 Å². The van der Waals surface area contributed by atoms with Crippen LogP contribution in [0.25, 0.3) is 0 Å². The van der Waals surface area contributed by atoms with E-state index < -0.39 is 17.7 Å². The highest BCUT2D eigenvalue weighted by Gasteiger charge is 2.47. The SMILES string of the molecule is CCCC(CN)C1(O)CCC(C(F)(F)F)CC1. The first kappa shape index (κ1) is 14.8. The van der Waals surface area contributed by atoms with E-state index in [1.165, 1.54) is 0 Å². The van der Waals surface area contributed by atoms with Crippen molar-refractivity contribution in [2.24, 2.45) is 17.6 Å². The normalized spacial score (nSPS) is 32.5. The van der Waals surface area contributed by atoms with Crippen molar-refractivity contribution in [1.82, 2.24) is 0 Å². The summed E-state index contributed by atoms with van der Waals surface area (Å²) in [6.07, 6.45) is -1.95. The first-order chi connectivity index (χ1) is 7.83. The number of aliphatic hydroxyl groups is 1. The summed E-state index contributed by atoms with van der Waals surface area (Å²) in [5, 5.41) is 10.4. The second kappa shape index (κ2) is 5.57. The van der Waals surface area contributed by atoms with E-state index in [1.807, 2.05) is 6.92 Å². The minimum atomic E-state index is -4.12. The zero-order valence-electron chi connectivity index (χ0n) is 10.3. The number of rotatable bonds is 4. The molecule has 0 bridgehead atoms. The molecule has 1 aliphatic carbocycles. The van der Waals surface area contributed by atoms with Gasteiger partial charge in [0.25, 0.3) is 0 Å². The maximum Gasteiger partial charge on any atom is 0.391 e. The summed E-state index contributed by atoms with van der Waals surface area (Å²) in [6.45, 7) is 2.34. The third kappa shape index (κ3) is 3.58. The van der Waals surface area contributed by atoms with Crippen LogP contribution in [-0.2, 0) is 0 Å². The monoisotopic (exact) mass is 253 g/mol. The third-order valence-corrected chi connectivity index (χ3v) is 4.00. The van der Waals surface area contributed by atoms with Gasteiger partial charge in [0.2, 0.25) is 0 Å². The summed E-state index contributed by atoms with van der Waals surface area (Å²) in [4.78, 5) is 0. The number of alkyl halides is 3. The molecule has 0 saturated heterocycles. The first-order valence-electron chi connectivity index (χ1n) is 6.32. The Balaban J connectivity index is 2.59. The molecule has 3 N–H and O–H groups in total. The van der Waals surface area contributed by atoms with Gasteiger partial charge in [0.15, 0.2) is 0 Å². The van der Waals surface area contributed by atoms with Gasteiger partial charge in [-0.25, -0.2) is 0 Å². The highest BCUT2D eigenvalue weighted by molar-refractivity contribution is 4.92. The zero-order chi connectivity index (χ0) is 13.1. The predicted octanol–water partition coefficient (Wildman–Crippen LogP) is 2.85. The van der Waals surface area contributed by atoms with Crippen molar-refractivity contribution in [3.05, 3.63) is 0 Å². The fourth-order valence-corrected chi connectivity index (χ4v) is 2.81. The topological polar surface area (TPSA) is 46.2 Å². The molecular formula is C12H22F3NO. The predicted molar refractivity (Wildman–Crippen MR) is 60.4 cm³/mol. The Morgan fingerprint density at radius 2 is 1.88 bits per heavy atom. The summed E-state index contributed by atoms with van der Waals surface area (Å²) in [7, 11) is 0. The largest absolute Gasteiger partial charge is 0.391 e. The summed E-state index contributed by atoms with van der Waals surface area (Å²) in [6, 6.07) is 0. The van der Waals surface area contributed by atoms with Crippen LogP contribution in [0.5, 0.6) is 0 Å². The highest BCUT2D eigenvalue weighted by Crippen LogP contribution is 2.44. The van der Waals surface area contributed by atoms with E-state index >= 15 is 0 Å². The Labute approximate surface area is 100 Å². The van der Waals surface area contributed by atoms with Crippen LogP contribution in [0.1, 0.15) is 45.4 Å². The Kier molecular flexibility index (Phi) is 4.84. The molecule has 1 rings (SSSR count). The highest BCUT2D eigenvalue weighted by atomic mass is 19.4. The molecular weight excluding hydrogens is 231 g/mol. The lowest BCUT2D eigenvalue weighted by molar-refractivity contribution is -0.196. The number of halogens is 3. The smallest absolute Gasteiger partial charge is 0.390 e. The first-order valence-corrected chi connectivity index (χ1v) is 6.32. The lowest BCUT2D eigenvalue weighted by Crippen LogP contribution is -2.46. The molecule has 0 heterocycles. The lowest BCUT2D eigenvalue weighted by atomic mass is 9.70. The van der Waals surface area contributed by atoms with Crippen LogP contribution < -0.4 is 5.73 Å². The van der Waals surface area contributed by atoms with Gasteiger partial charge in [-0.3, -0.25) is 0 Å². The van der Waals surface area contributed by atoms with Crippen molar-refractivity contribution in [3.8, 4) is 0 Å². The molecule has 0 spiro atoms. The molecule has 0 amide bonds. The maximum absolute atomic E-state index is 12.5. The molecule has 0 aliphatic heterocycles. The number of hydrogen-bond acceptors (Lipinski definition) is 2. The van der Waals surface area contributed by atoms with Gasteiger partial charge >= 0.3 is 6.18 Å². The van der Waals surface area contributed by atoms with Crippen LogP contribution in [0, 0.1) is 11.8 Å². The molecule has 1 saturated carbocycles. The summed E-state index contributed by atoms with van der Waals surface area (Å²) < 4.78 is 37.6. The van der Waals surface area contributed by atoms with Crippen LogP contribution in [0.4, 0.5) is 13.2 Å². The molecule has 0 aromatic rings. The van der Waals surface area contributed by atoms with E-state index in [1.54, 1.807) is 0 Å². The summed E-state index contributed by atoms with van der Waals surface area (Å²) in [5.74, 6) is -1.32. The molecule has 2 nitrogen and oxygen atoms in total. The van der Waals surface area contributed by atoms with Crippen LogP contribution in [0.15, 0.2) is 0 Å². The van der Waals surface area contributed by atoms with Gasteiger partial charge in [0.1, 0.15) is 0 Å². The van der Waals surface area contributed by atoms with Gasteiger partial charge in [0, 0.05) is 0 Å². The average Bonchev–Trinajstić information content (AvgIpc) is 2.25. The van der Waals surface area contributed by atoms with Gasteiger partial charge in [0.05, 0.1) is 11.5 Å². The fraction of sp³-hybridized carbons (Fsp3) is 1.00. The quantitative estimate of drug-likeness (QED) is 0.809. The Morgan fingerprint density at radius 3 is 2.24 bits per heavy atom. The van der Waals surface area contributed by atoms with Gasteiger partial charge in [-0.1, -0.05) is 13.3 Å². The fourth-order valence-electron chi connectivity index (χ4n) is 2.81. The standard InChI is InChI=1S/C12H22F3NO/c1-2-3-10(8-16)11(17)6-4-9(5-7-11)12(13,14)15/h9-10,17H,2-8,16H2,1H3. The van der Waals surface area contributed by atoms with E-state index in [9.17, 15) is 18.3 Å². The van der Waals surface area contributed by atoms with Crippen molar-refractivity contribution >= 4 is 0 Å². The minimum absolute atomic E-state index is 0.0280. The number of nitrogens with two attached hydrogens (primary N) is 1. The van der Waals surface area contributed by atoms with Crippen LogP contribution in [0.3, 0.4) is 0 Å². The van der Waals surface area contributed by atoms with Crippen molar-refractivity contribution in [3.63, 3.8) is 0 Å². The van der Waals surface area contributed by atoms with Crippen molar-refractivity contribution < 1.29 is 18.3 Å². The van der Waals surface area contributed by atoms with Crippen LogP contribution in [0.2, 0.25) is 0 Å². The molecule has 1 unspecified atom stereocenters. The zero-order valence-corrected chi connectivity index (χ0v) is 10.3. The second-order valence-corrected chi connectivity index (χ2v) is 5.14. The van der Waals surface area contributed by atoms with Crippen LogP contribution >= 0.6 is 0 Å². The summed E-state index contributed by atoms with van der Waals surface area (Å²) in [5.41, 5.74) is 4.63. The molecule has 102 valence electrons. The van der Waals surface area contributed by atoms with Crippen molar-refractivity contribution in [2.75, 3.05) is 6.54 Å². The summed E-state index contributed by atoms with van der Waals surface area (Å²) >= 11 is 0. The molecule has 0 aromatic carbocycles. The van der Waals surface area contributed by atoms with Crippen LogP contribution in [-0.4, -0.2) is 23.4 Å². The van der Waals surface area contributed by atoms with Gasteiger partial charge in [-0.05, 0) is 44.6 Å². The molecule has 0 radical (unpaired) electrons. The molecule has 5 heteroatoms. The van der Waals surface area contributed by atoms with Crippen molar-refractivity contribution in [1.29, 1.82) is 0 Å². The lowest BCUT2D eigenvalue weighted by Gasteiger charge is -2.41. The van der Waals surface area contributed by atoms with Gasteiger partial charge < -0.3 is 10.8 Å². The van der Waals surface area contributed by atoms with E-state index in [2.05, 4.69) is 0 Å². The molecule has 1 aliphatic rings. The van der Waals surface area contributed by atoms with Gasteiger partial charge in [-0.15, -0.1) is 0 Å².